The van der Waals surface area contributed by atoms with Crippen molar-refractivity contribution in [2.75, 3.05) is 13.6 Å². The van der Waals surface area contributed by atoms with Gasteiger partial charge in [0.25, 0.3) is 0 Å². The molecule has 1 N–H and O–H groups in total. The molecule has 1 fully saturated rings. The molecule has 1 saturated carbocycles. The minimum Gasteiger partial charge on any atom is -0.353 e. The number of nitrogens with zero attached hydrogens (tertiary/aromatic N) is 2. The van der Waals surface area contributed by atoms with E-state index < -0.39 is 20.5 Å². The van der Waals surface area contributed by atoms with Crippen LogP contribution in [0.2, 0.25) is 5.02 Å². The highest BCUT2D eigenvalue weighted by Gasteiger charge is 2.61. The zero-order valence-electron chi connectivity index (χ0n) is 15.1. The van der Waals surface area contributed by atoms with Gasteiger partial charge in [-0.1, -0.05) is 11.6 Å². The molecule has 0 radical (unpaired) electrons. The largest absolute Gasteiger partial charge is 0.353 e. The lowest BCUT2D eigenvalue weighted by Crippen LogP contribution is -2.50. The average Bonchev–Trinajstić information content (AvgIpc) is 3.35. The summed E-state index contributed by atoms with van der Waals surface area (Å²) in [6.07, 6.45) is 2.74. The molecular formula is C19H22ClN3O3S. The molecule has 8 heteroatoms. The van der Waals surface area contributed by atoms with E-state index in [1.54, 1.807) is 0 Å². The number of rotatable bonds is 5. The Morgan fingerprint density at radius 3 is 2.63 bits per heavy atom. The van der Waals surface area contributed by atoms with Gasteiger partial charge in [0.1, 0.15) is 0 Å². The lowest BCUT2D eigenvalue weighted by Gasteiger charge is -2.34. The van der Waals surface area contributed by atoms with Gasteiger partial charge in [-0.25, -0.2) is 8.42 Å². The monoisotopic (exact) mass is 407 g/mol. The van der Waals surface area contributed by atoms with Crippen LogP contribution in [0.5, 0.6) is 0 Å². The highest BCUT2D eigenvalue weighted by molar-refractivity contribution is 7.94. The quantitative estimate of drug-likeness (QED) is 0.823. The van der Waals surface area contributed by atoms with E-state index in [4.69, 9.17) is 11.6 Å². The van der Waals surface area contributed by atoms with E-state index in [0.29, 0.717) is 24.4 Å². The van der Waals surface area contributed by atoms with Crippen molar-refractivity contribution in [3.05, 3.63) is 53.3 Å². The molecule has 1 aliphatic heterocycles. The predicted octanol–water partition coefficient (Wildman–Crippen LogP) is 2.08. The van der Waals surface area contributed by atoms with E-state index in [0.717, 1.165) is 13.1 Å². The standard InChI is InChI=1S/C19H22ClN3O3S/c1-22-12-15-3-2-10-23(15)13-16(22)11-21-18(24)19(8-9-19)27(25,26)17-6-4-14(20)5-7-17/h2-7,10,16H,8-9,11-13H2,1H3,(H,21,24). The second-order valence-corrected chi connectivity index (χ2v) is 10.1. The Morgan fingerprint density at radius 1 is 1.26 bits per heavy atom. The number of hydrogen-bond acceptors (Lipinski definition) is 4. The van der Waals surface area contributed by atoms with E-state index in [2.05, 4.69) is 20.9 Å². The summed E-state index contributed by atoms with van der Waals surface area (Å²) in [5, 5.41) is 3.36. The number of likely N-dealkylation sites (N-methyl/N-ethyl adjacent to an activating group) is 1. The normalized spacial score (nSPS) is 21.5. The van der Waals surface area contributed by atoms with Gasteiger partial charge in [-0.3, -0.25) is 9.69 Å². The van der Waals surface area contributed by atoms with E-state index in [1.165, 1.54) is 30.0 Å². The molecule has 4 rings (SSSR count). The van der Waals surface area contributed by atoms with E-state index >= 15 is 0 Å². The maximum Gasteiger partial charge on any atom is 0.241 e. The van der Waals surface area contributed by atoms with Gasteiger partial charge in [-0.2, -0.15) is 0 Å². The molecule has 1 unspecified atom stereocenters. The second-order valence-electron chi connectivity index (χ2n) is 7.38. The van der Waals surface area contributed by atoms with Gasteiger partial charge in [0, 0.05) is 42.6 Å². The SMILES string of the molecule is CN1Cc2cccn2CC1CNC(=O)C1(S(=O)(=O)c2ccc(Cl)cc2)CC1. The van der Waals surface area contributed by atoms with Crippen LogP contribution in [0.4, 0.5) is 0 Å². The molecule has 1 aromatic carbocycles. The molecule has 1 aliphatic carbocycles. The molecule has 1 amide bonds. The molecule has 144 valence electrons. The second kappa shape index (κ2) is 6.65. The van der Waals surface area contributed by atoms with Crippen LogP contribution in [0, 0.1) is 0 Å². The molecular weight excluding hydrogens is 386 g/mol. The van der Waals surface area contributed by atoms with Crippen LogP contribution < -0.4 is 5.32 Å². The Bertz CT molecular complexity index is 964. The maximum atomic E-state index is 13.0. The highest BCUT2D eigenvalue weighted by Crippen LogP contribution is 2.47. The predicted molar refractivity (Wildman–Crippen MR) is 103 cm³/mol. The molecule has 1 atom stereocenters. The smallest absolute Gasteiger partial charge is 0.241 e. The number of aromatic nitrogens is 1. The van der Waals surface area contributed by atoms with Crippen molar-refractivity contribution in [1.82, 2.24) is 14.8 Å². The molecule has 2 aromatic rings. The lowest BCUT2D eigenvalue weighted by molar-refractivity contribution is -0.121. The summed E-state index contributed by atoms with van der Waals surface area (Å²) in [5.74, 6) is -0.399. The highest BCUT2D eigenvalue weighted by atomic mass is 35.5. The van der Waals surface area contributed by atoms with Crippen LogP contribution in [0.25, 0.3) is 0 Å². The molecule has 6 nitrogen and oxygen atoms in total. The fourth-order valence-electron chi connectivity index (χ4n) is 3.68. The third-order valence-electron chi connectivity index (χ3n) is 5.62. The van der Waals surface area contributed by atoms with Crippen molar-refractivity contribution in [2.45, 2.75) is 41.6 Å². The number of amides is 1. The van der Waals surface area contributed by atoms with Gasteiger partial charge in [0.05, 0.1) is 4.90 Å². The number of halogens is 1. The Labute approximate surface area is 164 Å². The first-order chi connectivity index (χ1) is 12.8. The third-order valence-corrected chi connectivity index (χ3v) is 8.39. The molecule has 1 aromatic heterocycles. The number of sulfone groups is 1. The first kappa shape index (κ1) is 18.5. The Balaban J connectivity index is 1.46. The summed E-state index contributed by atoms with van der Waals surface area (Å²) in [4.78, 5) is 15.1. The summed E-state index contributed by atoms with van der Waals surface area (Å²) in [6.45, 7) is 2.00. The van der Waals surface area contributed by atoms with Crippen molar-refractivity contribution in [3.8, 4) is 0 Å². The fraction of sp³-hybridized carbons (Fsp3) is 0.421. The Hall–Kier alpha value is -1.83. The number of benzene rings is 1. The van der Waals surface area contributed by atoms with Crippen LogP contribution in [-0.4, -0.2) is 48.2 Å². The number of carbonyl (C=O) groups excluding carboxylic acids is 1. The van der Waals surface area contributed by atoms with Crippen molar-refractivity contribution < 1.29 is 13.2 Å². The van der Waals surface area contributed by atoms with Gasteiger partial charge in [0.2, 0.25) is 5.91 Å². The van der Waals surface area contributed by atoms with Gasteiger partial charge < -0.3 is 9.88 Å². The number of fused-ring (bicyclic) bond motifs is 1. The summed E-state index contributed by atoms with van der Waals surface area (Å²) in [5.41, 5.74) is 1.24. The molecule has 0 saturated heterocycles. The van der Waals surface area contributed by atoms with E-state index in [-0.39, 0.29) is 10.9 Å². The lowest BCUT2D eigenvalue weighted by atomic mass is 10.2. The van der Waals surface area contributed by atoms with Crippen molar-refractivity contribution >= 4 is 27.3 Å². The zero-order chi connectivity index (χ0) is 19.2. The van der Waals surface area contributed by atoms with Crippen molar-refractivity contribution in [2.24, 2.45) is 0 Å². The van der Waals surface area contributed by atoms with Crippen LogP contribution in [-0.2, 0) is 27.7 Å². The average molecular weight is 408 g/mol. The first-order valence-electron chi connectivity index (χ1n) is 8.96. The van der Waals surface area contributed by atoms with Crippen LogP contribution >= 0.6 is 11.6 Å². The minimum atomic E-state index is -3.74. The summed E-state index contributed by atoms with van der Waals surface area (Å²) < 4.78 is 26.8. The summed E-state index contributed by atoms with van der Waals surface area (Å²) >= 11 is 5.85. The summed E-state index contributed by atoms with van der Waals surface area (Å²) in [7, 11) is -1.72. The zero-order valence-corrected chi connectivity index (χ0v) is 16.6. The van der Waals surface area contributed by atoms with Gasteiger partial charge in [-0.15, -0.1) is 0 Å². The van der Waals surface area contributed by atoms with E-state index in [1.807, 2.05) is 19.3 Å². The topological polar surface area (TPSA) is 71.4 Å². The number of hydrogen-bond donors (Lipinski definition) is 1. The fourth-order valence-corrected chi connectivity index (χ4v) is 5.71. The molecule has 0 bridgehead atoms. The van der Waals surface area contributed by atoms with Gasteiger partial charge in [-0.05, 0) is 56.3 Å². The van der Waals surface area contributed by atoms with Gasteiger partial charge >= 0.3 is 0 Å². The molecule has 0 spiro atoms. The first-order valence-corrected chi connectivity index (χ1v) is 10.8. The summed E-state index contributed by atoms with van der Waals surface area (Å²) in [6, 6.07) is 10.2. The van der Waals surface area contributed by atoms with Crippen LogP contribution in [0.1, 0.15) is 18.5 Å². The Kier molecular flexibility index (Phi) is 4.56. The van der Waals surface area contributed by atoms with E-state index in [9.17, 15) is 13.2 Å². The maximum absolute atomic E-state index is 13.0. The van der Waals surface area contributed by atoms with Gasteiger partial charge in [0.15, 0.2) is 14.6 Å². The minimum absolute atomic E-state index is 0.128. The number of nitrogens with one attached hydrogen (secondary N) is 1. The Morgan fingerprint density at radius 2 is 1.96 bits per heavy atom. The van der Waals surface area contributed by atoms with Crippen molar-refractivity contribution in [1.29, 1.82) is 0 Å². The van der Waals surface area contributed by atoms with Crippen LogP contribution in [0.15, 0.2) is 47.5 Å². The van der Waals surface area contributed by atoms with Crippen LogP contribution in [0.3, 0.4) is 0 Å². The molecule has 2 heterocycles. The van der Waals surface area contributed by atoms with Crippen molar-refractivity contribution in [3.63, 3.8) is 0 Å². The number of carbonyl (C=O) groups is 1. The molecule has 27 heavy (non-hydrogen) atoms. The molecule has 2 aliphatic rings. The third kappa shape index (κ3) is 3.17.